The summed E-state index contributed by atoms with van der Waals surface area (Å²) in [6.45, 7) is 6.73. The van der Waals surface area contributed by atoms with E-state index in [0.29, 0.717) is 5.69 Å². The van der Waals surface area contributed by atoms with Crippen molar-refractivity contribution in [3.8, 4) is 6.07 Å². The Morgan fingerprint density at radius 1 is 1.19 bits per heavy atom. The van der Waals surface area contributed by atoms with Crippen molar-refractivity contribution in [3.05, 3.63) is 29.8 Å². The van der Waals surface area contributed by atoms with E-state index < -0.39 is 24.0 Å². The molecule has 0 aliphatic rings. The van der Waals surface area contributed by atoms with Crippen LogP contribution >= 0.6 is 11.8 Å². The number of nitriles is 1. The molecular formula is C19H25N3O4S. The van der Waals surface area contributed by atoms with Gasteiger partial charge in [0.1, 0.15) is 5.54 Å². The van der Waals surface area contributed by atoms with Crippen LogP contribution in [-0.4, -0.2) is 41.4 Å². The lowest BCUT2D eigenvalue weighted by Crippen LogP contribution is -2.50. The summed E-state index contributed by atoms with van der Waals surface area (Å²) in [4.78, 5) is 35.3. The van der Waals surface area contributed by atoms with Crippen molar-refractivity contribution >= 4 is 35.2 Å². The molecule has 2 amide bonds. The number of aryl methyl sites for hydroxylation is 1. The molecule has 0 bridgehead atoms. The van der Waals surface area contributed by atoms with Crippen LogP contribution in [0.25, 0.3) is 0 Å². The van der Waals surface area contributed by atoms with E-state index in [-0.39, 0.29) is 23.3 Å². The number of ether oxygens (including phenoxy) is 1. The average molecular weight is 391 g/mol. The highest BCUT2D eigenvalue weighted by Gasteiger charge is 2.30. The topological polar surface area (TPSA) is 108 Å². The monoisotopic (exact) mass is 391 g/mol. The van der Waals surface area contributed by atoms with Crippen molar-refractivity contribution in [3.63, 3.8) is 0 Å². The van der Waals surface area contributed by atoms with Crippen LogP contribution in [0, 0.1) is 24.2 Å². The van der Waals surface area contributed by atoms with E-state index in [1.807, 2.05) is 39.0 Å². The summed E-state index contributed by atoms with van der Waals surface area (Å²) in [7, 11) is 0. The second-order valence-electron chi connectivity index (χ2n) is 6.58. The lowest BCUT2D eigenvalue weighted by Gasteiger charge is -2.27. The molecule has 1 atom stereocenters. The van der Waals surface area contributed by atoms with Gasteiger partial charge in [-0.05, 0) is 31.9 Å². The number of esters is 1. The average Bonchev–Trinajstić information content (AvgIpc) is 2.61. The van der Waals surface area contributed by atoms with Crippen LogP contribution in [0.2, 0.25) is 0 Å². The Morgan fingerprint density at radius 2 is 1.81 bits per heavy atom. The molecule has 0 unspecified atom stereocenters. The summed E-state index contributed by atoms with van der Waals surface area (Å²) in [5.41, 5.74) is 0.764. The van der Waals surface area contributed by atoms with Gasteiger partial charge in [-0.3, -0.25) is 14.4 Å². The molecule has 1 aromatic rings. The van der Waals surface area contributed by atoms with Crippen LogP contribution < -0.4 is 10.6 Å². The fourth-order valence-corrected chi connectivity index (χ4v) is 2.49. The van der Waals surface area contributed by atoms with Crippen molar-refractivity contribution in [2.24, 2.45) is 5.92 Å². The minimum absolute atomic E-state index is 0.0473. The van der Waals surface area contributed by atoms with Gasteiger partial charge in [0.25, 0.3) is 5.91 Å². The minimum Gasteiger partial charge on any atom is -0.455 e. The Bertz CT molecular complexity index is 713. The second-order valence-corrected chi connectivity index (χ2v) is 7.57. The molecule has 27 heavy (non-hydrogen) atoms. The molecule has 0 fully saturated rings. The van der Waals surface area contributed by atoms with Crippen molar-refractivity contribution in [1.82, 2.24) is 5.32 Å². The van der Waals surface area contributed by atoms with Gasteiger partial charge in [0.05, 0.1) is 17.6 Å². The maximum Gasteiger partial charge on any atom is 0.316 e. The minimum atomic E-state index is -1.02. The maximum absolute atomic E-state index is 11.8. The molecule has 0 saturated heterocycles. The van der Waals surface area contributed by atoms with E-state index >= 15 is 0 Å². The van der Waals surface area contributed by atoms with Crippen molar-refractivity contribution in [2.75, 3.05) is 23.4 Å². The molecule has 0 aromatic heterocycles. The molecule has 2 N–H and O–H groups in total. The van der Waals surface area contributed by atoms with Crippen LogP contribution in [-0.2, 0) is 19.1 Å². The van der Waals surface area contributed by atoms with Gasteiger partial charge in [-0.2, -0.15) is 5.26 Å². The Kier molecular flexibility index (Phi) is 8.82. The first-order valence-corrected chi connectivity index (χ1v) is 9.64. The van der Waals surface area contributed by atoms with E-state index in [1.54, 1.807) is 19.1 Å². The summed E-state index contributed by atoms with van der Waals surface area (Å²) in [5, 5.41) is 14.4. The molecule has 7 nitrogen and oxygen atoms in total. The third-order valence-corrected chi connectivity index (χ3v) is 4.84. The number of thioether (sulfide) groups is 1. The zero-order chi connectivity index (χ0) is 20.4. The third kappa shape index (κ3) is 8.13. The second kappa shape index (κ2) is 10.6. The first-order valence-electron chi connectivity index (χ1n) is 8.48. The SMILES string of the molecule is Cc1ccc(NC(=O)CSCC(=O)OCC(=O)N[C@@](C)(C#N)C(C)C)cc1. The summed E-state index contributed by atoms with van der Waals surface area (Å²) >= 11 is 1.10. The number of amides is 2. The quantitative estimate of drug-likeness (QED) is 0.625. The fourth-order valence-electron chi connectivity index (χ4n) is 1.88. The largest absolute Gasteiger partial charge is 0.455 e. The molecule has 0 heterocycles. The molecule has 8 heteroatoms. The van der Waals surface area contributed by atoms with Crippen LogP contribution in [0.1, 0.15) is 26.3 Å². The highest BCUT2D eigenvalue weighted by atomic mass is 32.2. The molecular weight excluding hydrogens is 366 g/mol. The lowest BCUT2D eigenvalue weighted by molar-refractivity contribution is -0.146. The number of rotatable bonds is 9. The van der Waals surface area contributed by atoms with Gasteiger partial charge in [0, 0.05) is 5.69 Å². The van der Waals surface area contributed by atoms with Crippen molar-refractivity contribution in [2.45, 2.75) is 33.2 Å². The number of nitrogens with one attached hydrogen (secondary N) is 2. The van der Waals surface area contributed by atoms with Crippen LogP contribution in [0.5, 0.6) is 0 Å². The Labute approximate surface area is 163 Å². The predicted octanol–water partition coefficient (Wildman–Crippen LogP) is 2.26. The summed E-state index contributed by atoms with van der Waals surface area (Å²) in [6, 6.07) is 9.43. The van der Waals surface area contributed by atoms with Gasteiger partial charge < -0.3 is 15.4 Å². The number of benzene rings is 1. The molecule has 146 valence electrons. The highest BCUT2D eigenvalue weighted by molar-refractivity contribution is 8.00. The zero-order valence-electron chi connectivity index (χ0n) is 16.0. The molecule has 1 aromatic carbocycles. The number of anilines is 1. The van der Waals surface area contributed by atoms with E-state index in [0.717, 1.165) is 17.3 Å². The summed E-state index contributed by atoms with van der Waals surface area (Å²) in [5.74, 6) is -1.41. The van der Waals surface area contributed by atoms with Gasteiger partial charge in [0.15, 0.2) is 6.61 Å². The first kappa shape index (κ1) is 22.5. The van der Waals surface area contributed by atoms with Crippen LogP contribution in [0.4, 0.5) is 5.69 Å². The third-order valence-electron chi connectivity index (χ3n) is 3.94. The Balaban J connectivity index is 2.27. The lowest BCUT2D eigenvalue weighted by atomic mass is 9.90. The van der Waals surface area contributed by atoms with Crippen LogP contribution in [0.15, 0.2) is 24.3 Å². The molecule has 0 aliphatic heterocycles. The van der Waals surface area contributed by atoms with Gasteiger partial charge in [-0.15, -0.1) is 11.8 Å². The number of nitrogens with zero attached hydrogens (tertiary/aromatic N) is 1. The van der Waals surface area contributed by atoms with Crippen LogP contribution in [0.3, 0.4) is 0 Å². The number of carbonyl (C=O) groups excluding carboxylic acids is 3. The standard InChI is InChI=1S/C19H25N3O4S/c1-13(2)19(4,12-20)22-16(23)9-26-18(25)11-27-10-17(24)21-15-7-5-14(3)6-8-15/h5-8,13H,9-11H2,1-4H3,(H,21,24)(H,22,23)/t19-/m0/s1. The highest BCUT2D eigenvalue weighted by Crippen LogP contribution is 2.15. The van der Waals surface area contributed by atoms with Crippen molar-refractivity contribution < 1.29 is 19.1 Å². The van der Waals surface area contributed by atoms with Crippen molar-refractivity contribution in [1.29, 1.82) is 5.26 Å². The molecule has 0 spiro atoms. The number of hydrogen-bond acceptors (Lipinski definition) is 6. The van der Waals surface area contributed by atoms with Gasteiger partial charge >= 0.3 is 5.97 Å². The maximum atomic E-state index is 11.8. The van der Waals surface area contributed by atoms with E-state index in [2.05, 4.69) is 10.6 Å². The molecule has 0 saturated carbocycles. The van der Waals surface area contributed by atoms with Gasteiger partial charge in [0.2, 0.25) is 5.91 Å². The first-order chi connectivity index (χ1) is 12.7. The number of carbonyl (C=O) groups is 3. The zero-order valence-corrected chi connectivity index (χ0v) is 16.8. The summed E-state index contributed by atoms with van der Waals surface area (Å²) < 4.78 is 4.87. The fraction of sp³-hybridized carbons (Fsp3) is 0.474. The Hall–Kier alpha value is -2.53. The van der Waals surface area contributed by atoms with E-state index in [4.69, 9.17) is 10.00 Å². The smallest absolute Gasteiger partial charge is 0.316 e. The molecule has 0 radical (unpaired) electrons. The normalized spacial score (nSPS) is 12.6. The molecule has 1 rings (SSSR count). The molecule has 0 aliphatic carbocycles. The van der Waals surface area contributed by atoms with E-state index in [1.165, 1.54) is 0 Å². The Morgan fingerprint density at radius 3 is 2.37 bits per heavy atom. The summed E-state index contributed by atoms with van der Waals surface area (Å²) in [6.07, 6.45) is 0. The van der Waals surface area contributed by atoms with E-state index in [9.17, 15) is 14.4 Å². The van der Waals surface area contributed by atoms with Gasteiger partial charge in [-0.25, -0.2) is 0 Å². The number of hydrogen-bond donors (Lipinski definition) is 2. The predicted molar refractivity (Wildman–Crippen MR) is 105 cm³/mol. The van der Waals surface area contributed by atoms with Gasteiger partial charge in [-0.1, -0.05) is 31.5 Å².